The first-order valence-corrected chi connectivity index (χ1v) is 5.92. The largest absolute Gasteiger partial charge is 0.393 e. The van der Waals surface area contributed by atoms with E-state index in [-0.39, 0.29) is 22.9 Å². The van der Waals surface area contributed by atoms with Crippen molar-refractivity contribution in [2.45, 2.75) is 13.8 Å². The molecule has 0 fully saturated rings. The number of para-hydroxylation sites is 1. The lowest BCUT2D eigenvalue weighted by molar-refractivity contribution is -0.383. The van der Waals surface area contributed by atoms with E-state index in [1.165, 1.54) is 18.2 Å². The fourth-order valence-electron chi connectivity index (χ4n) is 1.59. The fraction of sp³-hybridized carbons (Fsp3) is 0.167. The average Bonchev–Trinajstić information content (AvgIpc) is 2.42. The third-order valence-electron chi connectivity index (χ3n) is 2.84. The first-order chi connectivity index (χ1) is 9.90. The highest BCUT2D eigenvalue weighted by Gasteiger charge is 2.19. The standard InChI is InChI=1S/C12H12N6O3/c1-6-7(2)16-17-12(14-6)15-11(19)8-4-3-5-9(10(8)13)18(20)21/h3-5H,13H2,1-2H3,(H,14,15,17,19). The molecule has 0 radical (unpaired) electrons. The van der Waals surface area contributed by atoms with Gasteiger partial charge >= 0.3 is 0 Å². The number of nitrogens with two attached hydrogens (primary N) is 1. The molecule has 0 aliphatic rings. The predicted octanol–water partition coefficient (Wildman–Crippen LogP) is 1.23. The zero-order valence-corrected chi connectivity index (χ0v) is 11.3. The molecule has 0 atom stereocenters. The quantitative estimate of drug-likeness (QED) is 0.492. The van der Waals surface area contributed by atoms with Crippen molar-refractivity contribution < 1.29 is 9.72 Å². The van der Waals surface area contributed by atoms with Gasteiger partial charge < -0.3 is 5.73 Å². The third kappa shape index (κ3) is 2.91. The molecule has 0 saturated heterocycles. The molecule has 0 aliphatic carbocycles. The second kappa shape index (κ2) is 5.49. The number of nitrogens with zero attached hydrogens (tertiary/aromatic N) is 4. The molecule has 1 aromatic carbocycles. The molecule has 108 valence electrons. The van der Waals surface area contributed by atoms with Crippen LogP contribution in [0, 0.1) is 24.0 Å². The highest BCUT2D eigenvalue weighted by atomic mass is 16.6. The Morgan fingerprint density at radius 3 is 2.62 bits per heavy atom. The number of nitro benzene ring substituents is 1. The number of anilines is 2. The maximum Gasteiger partial charge on any atom is 0.292 e. The minimum atomic E-state index is -0.653. The fourth-order valence-corrected chi connectivity index (χ4v) is 1.59. The summed E-state index contributed by atoms with van der Waals surface area (Å²) in [5, 5.41) is 20.8. The summed E-state index contributed by atoms with van der Waals surface area (Å²) in [6.45, 7) is 3.46. The molecule has 9 heteroatoms. The lowest BCUT2D eigenvalue weighted by Gasteiger charge is -2.07. The summed E-state index contributed by atoms with van der Waals surface area (Å²) in [5.41, 5.74) is 6.33. The molecule has 21 heavy (non-hydrogen) atoms. The summed E-state index contributed by atoms with van der Waals surface area (Å²) in [4.78, 5) is 26.3. The number of nitrogen functional groups attached to an aromatic ring is 1. The number of aryl methyl sites for hydroxylation is 2. The Morgan fingerprint density at radius 1 is 1.29 bits per heavy atom. The van der Waals surface area contributed by atoms with Crippen molar-refractivity contribution in [3.63, 3.8) is 0 Å². The summed E-state index contributed by atoms with van der Waals surface area (Å²) in [6.07, 6.45) is 0. The van der Waals surface area contributed by atoms with E-state index in [0.717, 1.165) is 0 Å². The van der Waals surface area contributed by atoms with Crippen molar-refractivity contribution in [2.75, 3.05) is 11.1 Å². The molecular formula is C12H12N6O3. The van der Waals surface area contributed by atoms with Gasteiger partial charge in [-0.1, -0.05) is 6.07 Å². The molecule has 0 spiro atoms. The van der Waals surface area contributed by atoms with Gasteiger partial charge in [0.1, 0.15) is 5.69 Å². The topological polar surface area (TPSA) is 137 Å². The number of hydrogen-bond donors (Lipinski definition) is 2. The molecule has 1 aromatic heterocycles. The van der Waals surface area contributed by atoms with Crippen molar-refractivity contribution >= 4 is 23.2 Å². The first kappa shape index (κ1) is 14.3. The van der Waals surface area contributed by atoms with Gasteiger partial charge in [-0.3, -0.25) is 20.2 Å². The molecule has 9 nitrogen and oxygen atoms in total. The lowest BCUT2D eigenvalue weighted by Crippen LogP contribution is -2.17. The maximum atomic E-state index is 12.1. The van der Waals surface area contributed by atoms with Crippen LogP contribution in [0.5, 0.6) is 0 Å². The van der Waals surface area contributed by atoms with Crippen molar-refractivity contribution in [3.05, 3.63) is 45.3 Å². The van der Waals surface area contributed by atoms with Crippen LogP contribution in [0.2, 0.25) is 0 Å². The number of benzene rings is 1. The van der Waals surface area contributed by atoms with Gasteiger partial charge in [-0.15, -0.1) is 5.10 Å². The smallest absolute Gasteiger partial charge is 0.292 e. The number of rotatable bonds is 3. The van der Waals surface area contributed by atoms with Crippen LogP contribution in [0.4, 0.5) is 17.3 Å². The van der Waals surface area contributed by atoms with Gasteiger partial charge in [0, 0.05) is 6.07 Å². The zero-order valence-electron chi connectivity index (χ0n) is 11.3. The second-order valence-corrected chi connectivity index (χ2v) is 4.26. The Kier molecular flexibility index (Phi) is 3.74. The van der Waals surface area contributed by atoms with Crippen molar-refractivity contribution in [3.8, 4) is 0 Å². The van der Waals surface area contributed by atoms with Crippen LogP contribution in [0.3, 0.4) is 0 Å². The van der Waals surface area contributed by atoms with Crippen LogP contribution >= 0.6 is 0 Å². The second-order valence-electron chi connectivity index (χ2n) is 4.26. The van der Waals surface area contributed by atoms with Crippen molar-refractivity contribution in [1.29, 1.82) is 0 Å². The summed E-state index contributed by atoms with van der Waals surface area (Å²) in [5.74, 6) is -0.629. The van der Waals surface area contributed by atoms with Gasteiger partial charge in [-0.05, 0) is 19.9 Å². The Morgan fingerprint density at radius 2 is 2.00 bits per heavy atom. The third-order valence-corrected chi connectivity index (χ3v) is 2.84. The average molecular weight is 288 g/mol. The van der Waals surface area contributed by atoms with Gasteiger partial charge in [0.2, 0.25) is 5.95 Å². The number of carbonyl (C=O) groups excluding carboxylic acids is 1. The van der Waals surface area contributed by atoms with E-state index in [1.54, 1.807) is 13.8 Å². The van der Waals surface area contributed by atoms with Crippen LogP contribution in [-0.4, -0.2) is 26.0 Å². The molecule has 0 aliphatic heterocycles. The van der Waals surface area contributed by atoms with Gasteiger partial charge in [0.15, 0.2) is 0 Å². The van der Waals surface area contributed by atoms with Gasteiger partial charge in [-0.25, -0.2) is 4.98 Å². The summed E-state index contributed by atoms with van der Waals surface area (Å²) >= 11 is 0. The molecule has 2 rings (SSSR count). The first-order valence-electron chi connectivity index (χ1n) is 5.92. The van der Waals surface area contributed by atoms with Gasteiger partial charge in [0.05, 0.1) is 21.9 Å². The molecule has 1 heterocycles. The summed E-state index contributed by atoms with van der Waals surface area (Å²) in [6, 6.07) is 3.98. The van der Waals surface area contributed by atoms with Crippen LogP contribution < -0.4 is 11.1 Å². The van der Waals surface area contributed by atoms with Crippen LogP contribution in [0.1, 0.15) is 21.7 Å². The Balaban J connectivity index is 2.30. The summed E-state index contributed by atoms with van der Waals surface area (Å²) < 4.78 is 0. The molecule has 1 amide bonds. The predicted molar refractivity (Wildman–Crippen MR) is 74.8 cm³/mol. The SMILES string of the molecule is Cc1nnc(NC(=O)c2cccc([N+](=O)[O-])c2N)nc1C. The van der Waals surface area contributed by atoms with E-state index < -0.39 is 10.8 Å². The number of aromatic nitrogens is 3. The number of amides is 1. The van der Waals surface area contributed by atoms with E-state index in [2.05, 4.69) is 20.5 Å². The summed E-state index contributed by atoms with van der Waals surface area (Å²) in [7, 11) is 0. The minimum Gasteiger partial charge on any atom is -0.393 e. The van der Waals surface area contributed by atoms with E-state index in [0.29, 0.717) is 11.4 Å². The molecule has 3 N–H and O–H groups in total. The Hall–Kier alpha value is -3.10. The van der Waals surface area contributed by atoms with Gasteiger partial charge in [0.25, 0.3) is 11.6 Å². The number of carbonyl (C=O) groups is 1. The Bertz CT molecular complexity index is 731. The monoisotopic (exact) mass is 288 g/mol. The van der Waals surface area contributed by atoms with E-state index >= 15 is 0 Å². The lowest BCUT2D eigenvalue weighted by atomic mass is 10.1. The van der Waals surface area contributed by atoms with Crippen LogP contribution in [0.25, 0.3) is 0 Å². The zero-order chi connectivity index (χ0) is 15.6. The maximum absolute atomic E-state index is 12.1. The highest BCUT2D eigenvalue weighted by Crippen LogP contribution is 2.25. The Labute approximate surface area is 119 Å². The molecule has 0 bridgehead atoms. The van der Waals surface area contributed by atoms with E-state index in [1.807, 2.05) is 0 Å². The van der Waals surface area contributed by atoms with Crippen LogP contribution in [0.15, 0.2) is 18.2 Å². The van der Waals surface area contributed by atoms with Crippen LogP contribution in [-0.2, 0) is 0 Å². The number of hydrogen-bond acceptors (Lipinski definition) is 7. The molecular weight excluding hydrogens is 276 g/mol. The number of nitro groups is 1. The van der Waals surface area contributed by atoms with E-state index in [4.69, 9.17) is 5.73 Å². The highest BCUT2D eigenvalue weighted by molar-refractivity contribution is 6.08. The molecule has 0 unspecified atom stereocenters. The molecule has 0 saturated carbocycles. The number of nitrogens with one attached hydrogen (secondary N) is 1. The van der Waals surface area contributed by atoms with Gasteiger partial charge in [-0.2, -0.15) is 5.10 Å². The van der Waals surface area contributed by atoms with Crippen molar-refractivity contribution in [2.24, 2.45) is 0 Å². The normalized spacial score (nSPS) is 10.2. The molecule has 2 aromatic rings. The minimum absolute atomic E-state index is 0.00834. The van der Waals surface area contributed by atoms with E-state index in [9.17, 15) is 14.9 Å². The van der Waals surface area contributed by atoms with Crippen molar-refractivity contribution in [1.82, 2.24) is 15.2 Å².